The number of ketones is 1. The fourth-order valence-corrected chi connectivity index (χ4v) is 3.26. The minimum Gasteiger partial charge on any atom is -0.492 e. The Labute approximate surface area is 117 Å². The molecule has 20 heavy (non-hydrogen) atoms. The average molecular weight is 262 g/mol. The number of carbonyl (C=O) groups excluding carboxylic acids is 1. The molecule has 2 aliphatic rings. The summed E-state index contributed by atoms with van der Waals surface area (Å²) < 4.78 is 5.84. The monoisotopic (exact) mass is 262 g/mol. The maximum absolute atomic E-state index is 12.4. The van der Waals surface area contributed by atoms with Crippen LogP contribution in [0.1, 0.15) is 17.0 Å². The van der Waals surface area contributed by atoms with E-state index in [1.165, 1.54) is 0 Å². The van der Waals surface area contributed by atoms with E-state index in [1.54, 1.807) is 0 Å². The number of hydrogen-bond donors (Lipinski definition) is 0. The highest BCUT2D eigenvalue weighted by Gasteiger charge is 2.41. The van der Waals surface area contributed by atoms with Crippen molar-refractivity contribution in [2.24, 2.45) is 5.92 Å². The molecule has 0 radical (unpaired) electrons. The molecular formula is C18H14O2. The van der Waals surface area contributed by atoms with Crippen molar-refractivity contribution in [1.82, 2.24) is 0 Å². The predicted octanol–water partition coefficient (Wildman–Crippen LogP) is 3.45. The first kappa shape index (κ1) is 11.5. The summed E-state index contributed by atoms with van der Waals surface area (Å²) in [5.41, 5.74) is 3.28. The summed E-state index contributed by atoms with van der Waals surface area (Å²) in [6.45, 7) is 0.578. The Morgan fingerprint density at radius 1 is 0.950 bits per heavy atom. The lowest BCUT2D eigenvalue weighted by Gasteiger charge is -2.28. The van der Waals surface area contributed by atoms with Crippen molar-refractivity contribution in [3.63, 3.8) is 0 Å². The first-order chi connectivity index (χ1) is 9.84. The number of hydrogen-bond acceptors (Lipinski definition) is 2. The number of para-hydroxylation sites is 1. The van der Waals surface area contributed by atoms with E-state index in [1.807, 2.05) is 60.7 Å². The van der Waals surface area contributed by atoms with Crippen molar-refractivity contribution in [3.8, 4) is 5.75 Å². The van der Waals surface area contributed by atoms with Crippen LogP contribution >= 0.6 is 0 Å². The molecule has 0 unspecified atom stereocenters. The van der Waals surface area contributed by atoms with Crippen molar-refractivity contribution in [3.05, 3.63) is 71.8 Å². The highest BCUT2D eigenvalue weighted by atomic mass is 16.5. The lowest BCUT2D eigenvalue weighted by atomic mass is 9.82. The van der Waals surface area contributed by atoms with Crippen molar-refractivity contribution in [1.29, 1.82) is 0 Å². The Hall–Kier alpha value is -2.35. The summed E-state index contributed by atoms with van der Waals surface area (Å²) in [5.74, 6) is 1.12. The predicted molar refractivity (Wildman–Crippen MR) is 77.6 cm³/mol. The molecule has 0 aromatic heterocycles. The summed E-state index contributed by atoms with van der Waals surface area (Å²) in [5, 5.41) is 0. The van der Waals surface area contributed by atoms with Gasteiger partial charge in [0.05, 0.1) is 12.5 Å². The Bertz CT molecular complexity index is 700. The van der Waals surface area contributed by atoms with Gasteiger partial charge in [-0.2, -0.15) is 0 Å². The topological polar surface area (TPSA) is 26.3 Å². The molecule has 0 bridgehead atoms. The molecular weight excluding hydrogens is 248 g/mol. The molecule has 0 N–H and O–H groups in total. The molecule has 1 heterocycles. The van der Waals surface area contributed by atoms with Gasteiger partial charge in [0, 0.05) is 11.5 Å². The zero-order chi connectivity index (χ0) is 13.5. The van der Waals surface area contributed by atoms with Crippen LogP contribution in [0.4, 0.5) is 0 Å². The Morgan fingerprint density at radius 3 is 2.55 bits per heavy atom. The number of benzene rings is 2. The third-order valence-electron chi connectivity index (χ3n) is 4.18. The second kappa shape index (κ2) is 4.34. The van der Waals surface area contributed by atoms with E-state index in [4.69, 9.17) is 4.74 Å². The van der Waals surface area contributed by atoms with Crippen molar-refractivity contribution < 1.29 is 9.53 Å². The van der Waals surface area contributed by atoms with Gasteiger partial charge in [0.2, 0.25) is 0 Å². The van der Waals surface area contributed by atoms with Crippen LogP contribution in [0.2, 0.25) is 0 Å². The molecule has 2 heteroatoms. The van der Waals surface area contributed by atoms with Gasteiger partial charge in [-0.05, 0) is 23.3 Å². The lowest BCUT2D eigenvalue weighted by Crippen LogP contribution is -2.24. The fraction of sp³-hybridized carbons (Fsp3) is 0.167. The highest BCUT2D eigenvalue weighted by molar-refractivity contribution is 6.08. The smallest absolute Gasteiger partial charge is 0.164 e. The minimum absolute atomic E-state index is 0.0976. The maximum Gasteiger partial charge on any atom is 0.164 e. The first-order valence-corrected chi connectivity index (χ1v) is 6.87. The van der Waals surface area contributed by atoms with E-state index in [2.05, 4.69) is 0 Å². The van der Waals surface area contributed by atoms with Crippen LogP contribution in [0.15, 0.2) is 60.7 Å². The van der Waals surface area contributed by atoms with Gasteiger partial charge in [0.25, 0.3) is 0 Å². The number of fused-ring (bicyclic) bond motifs is 3. The zero-order valence-corrected chi connectivity index (χ0v) is 11.0. The van der Waals surface area contributed by atoms with Crippen LogP contribution in [0.3, 0.4) is 0 Å². The summed E-state index contributed by atoms with van der Waals surface area (Å²) in [6, 6.07) is 18.0. The van der Waals surface area contributed by atoms with Crippen molar-refractivity contribution in [2.75, 3.05) is 6.61 Å². The van der Waals surface area contributed by atoms with Gasteiger partial charge in [-0.25, -0.2) is 0 Å². The molecule has 2 nitrogen and oxygen atoms in total. The van der Waals surface area contributed by atoms with Crippen LogP contribution in [-0.4, -0.2) is 12.4 Å². The second-order valence-electron chi connectivity index (χ2n) is 5.30. The quantitative estimate of drug-likeness (QED) is 0.787. The molecule has 2 aromatic carbocycles. The summed E-state index contributed by atoms with van der Waals surface area (Å²) >= 11 is 0. The molecule has 0 fully saturated rings. The van der Waals surface area contributed by atoms with Gasteiger partial charge in [-0.1, -0.05) is 48.5 Å². The molecule has 2 atom stereocenters. The fourth-order valence-electron chi connectivity index (χ4n) is 3.26. The Kier molecular flexibility index (Phi) is 2.49. The standard InChI is InChI=1S/C18H14O2/c19-16-10-14-13-8-4-5-9-17(13)20-11-15(14)18(16)12-6-2-1-3-7-12/h1-10,15,18H,11H2/t15-,18+/m1/s1. The van der Waals surface area contributed by atoms with E-state index in [0.29, 0.717) is 6.61 Å². The summed E-state index contributed by atoms with van der Waals surface area (Å²) in [7, 11) is 0. The SMILES string of the molecule is O=C1C=C2c3ccccc3OC[C@H]2[C@@H]1c1ccccc1. The number of rotatable bonds is 1. The van der Waals surface area contributed by atoms with E-state index in [-0.39, 0.29) is 17.6 Å². The molecule has 1 aliphatic carbocycles. The third kappa shape index (κ3) is 1.61. The second-order valence-corrected chi connectivity index (χ2v) is 5.30. The molecule has 2 aromatic rings. The van der Waals surface area contributed by atoms with Gasteiger partial charge in [0.15, 0.2) is 5.78 Å². The van der Waals surface area contributed by atoms with Crippen LogP contribution in [-0.2, 0) is 4.79 Å². The number of carbonyl (C=O) groups is 1. The van der Waals surface area contributed by atoms with Crippen LogP contribution in [0.5, 0.6) is 5.75 Å². The van der Waals surface area contributed by atoms with Crippen molar-refractivity contribution >= 4 is 11.4 Å². The summed E-state index contributed by atoms with van der Waals surface area (Å²) in [6.07, 6.45) is 1.81. The van der Waals surface area contributed by atoms with Crippen LogP contribution < -0.4 is 4.74 Å². The van der Waals surface area contributed by atoms with Crippen LogP contribution in [0.25, 0.3) is 5.57 Å². The van der Waals surface area contributed by atoms with Gasteiger partial charge in [-0.15, -0.1) is 0 Å². The molecule has 0 saturated heterocycles. The molecule has 0 saturated carbocycles. The lowest BCUT2D eigenvalue weighted by molar-refractivity contribution is -0.116. The molecule has 0 amide bonds. The first-order valence-electron chi connectivity index (χ1n) is 6.87. The zero-order valence-electron chi connectivity index (χ0n) is 11.0. The minimum atomic E-state index is -0.0976. The summed E-state index contributed by atoms with van der Waals surface area (Å²) in [4.78, 5) is 12.4. The third-order valence-corrected chi connectivity index (χ3v) is 4.18. The Morgan fingerprint density at radius 2 is 1.70 bits per heavy atom. The van der Waals surface area contributed by atoms with E-state index >= 15 is 0 Å². The maximum atomic E-state index is 12.4. The van der Waals surface area contributed by atoms with Gasteiger partial charge < -0.3 is 4.74 Å². The van der Waals surface area contributed by atoms with E-state index < -0.39 is 0 Å². The Balaban J connectivity index is 1.79. The normalized spacial score (nSPS) is 23.6. The van der Waals surface area contributed by atoms with Crippen LogP contribution in [0, 0.1) is 5.92 Å². The van der Waals surface area contributed by atoms with Gasteiger partial charge in [0.1, 0.15) is 5.75 Å². The largest absolute Gasteiger partial charge is 0.492 e. The van der Waals surface area contributed by atoms with E-state index in [0.717, 1.165) is 22.4 Å². The van der Waals surface area contributed by atoms with Gasteiger partial charge in [-0.3, -0.25) is 4.79 Å². The molecule has 0 spiro atoms. The molecule has 1 aliphatic heterocycles. The molecule has 98 valence electrons. The molecule has 4 rings (SSSR count). The van der Waals surface area contributed by atoms with Gasteiger partial charge >= 0.3 is 0 Å². The number of ether oxygens (including phenoxy) is 1. The van der Waals surface area contributed by atoms with E-state index in [9.17, 15) is 4.79 Å². The van der Waals surface area contributed by atoms with Crippen molar-refractivity contribution in [2.45, 2.75) is 5.92 Å². The highest BCUT2D eigenvalue weighted by Crippen LogP contribution is 2.47. The number of allylic oxidation sites excluding steroid dienone is 1. The average Bonchev–Trinajstić information content (AvgIpc) is 2.84.